The molecule has 1 aliphatic carbocycles. The number of benzene rings is 1. The number of aryl methyl sites for hydroxylation is 1. The van der Waals surface area contributed by atoms with Gasteiger partial charge in [0.05, 0.1) is 4.90 Å². The van der Waals surface area contributed by atoms with E-state index in [0.717, 1.165) is 24.2 Å². The summed E-state index contributed by atoms with van der Waals surface area (Å²) >= 11 is 1.59. The third-order valence-corrected chi connectivity index (χ3v) is 5.61. The minimum absolute atomic E-state index is 0.187. The van der Waals surface area contributed by atoms with E-state index < -0.39 is 16.1 Å². The molecule has 1 amide bonds. The molecule has 1 aromatic rings. The standard InChI is InChI=1S/C15H22N2O3S2/c1-11-3-7-13(8-4-11)22(19,20)17-14(9-10-21-2)15(18)16-12-5-6-12/h3-4,7-8,12,14,17H,5-6,9-10H2,1-2H3,(H,16,18). The van der Waals surface area contributed by atoms with Crippen molar-refractivity contribution in [3.05, 3.63) is 29.8 Å². The summed E-state index contributed by atoms with van der Waals surface area (Å²) in [5.41, 5.74) is 0.990. The first-order valence-electron chi connectivity index (χ1n) is 7.30. The molecular weight excluding hydrogens is 320 g/mol. The molecule has 5 nitrogen and oxygen atoms in total. The van der Waals surface area contributed by atoms with Gasteiger partial charge in [0, 0.05) is 6.04 Å². The molecule has 0 bridgehead atoms. The van der Waals surface area contributed by atoms with E-state index >= 15 is 0 Å². The molecule has 2 rings (SSSR count). The van der Waals surface area contributed by atoms with Crippen molar-refractivity contribution in [3.63, 3.8) is 0 Å². The smallest absolute Gasteiger partial charge is 0.241 e. The van der Waals surface area contributed by atoms with Crippen LogP contribution in [0.25, 0.3) is 0 Å². The largest absolute Gasteiger partial charge is 0.352 e. The van der Waals surface area contributed by atoms with Crippen LogP contribution in [0.15, 0.2) is 29.2 Å². The first kappa shape index (κ1) is 17.3. The number of carbonyl (C=O) groups is 1. The Labute approximate surface area is 136 Å². The molecule has 122 valence electrons. The highest BCUT2D eigenvalue weighted by atomic mass is 32.2. The summed E-state index contributed by atoms with van der Waals surface area (Å²) in [6.07, 6.45) is 4.37. The topological polar surface area (TPSA) is 75.3 Å². The number of rotatable bonds is 8. The van der Waals surface area contributed by atoms with Crippen LogP contribution < -0.4 is 10.0 Å². The molecule has 0 radical (unpaired) electrons. The summed E-state index contributed by atoms with van der Waals surface area (Å²) in [6, 6.07) is 6.10. The van der Waals surface area contributed by atoms with Crippen molar-refractivity contribution in [2.75, 3.05) is 12.0 Å². The van der Waals surface area contributed by atoms with Crippen molar-refractivity contribution in [2.45, 2.75) is 43.2 Å². The number of amides is 1. The van der Waals surface area contributed by atoms with E-state index in [9.17, 15) is 13.2 Å². The van der Waals surface area contributed by atoms with Gasteiger partial charge in [0.2, 0.25) is 15.9 Å². The van der Waals surface area contributed by atoms with E-state index in [1.54, 1.807) is 36.0 Å². The Bertz CT molecular complexity index is 610. The molecule has 1 atom stereocenters. The van der Waals surface area contributed by atoms with Crippen LogP contribution in [0, 0.1) is 6.92 Å². The predicted molar refractivity (Wildman–Crippen MR) is 89.5 cm³/mol. The minimum atomic E-state index is -3.69. The second-order valence-corrected chi connectivity index (χ2v) is 8.25. The van der Waals surface area contributed by atoms with Gasteiger partial charge in [-0.05, 0) is 50.3 Å². The van der Waals surface area contributed by atoms with Crippen molar-refractivity contribution in [3.8, 4) is 0 Å². The first-order chi connectivity index (χ1) is 10.4. The van der Waals surface area contributed by atoms with Crippen LogP contribution in [0.2, 0.25) is 0 Å². The van der Waals surface area contributed by atoms with E-state index in [1.165, 1.54) is 0 Å². The number of hydrogen-bond acceptors (Lipinski definition) is 4. The number of nitrogens with one attached hydrogen (secondary N) is 2. The van der Waals surface area contributed by atoms with Crippen LogP contribution in [0.4, 0.5) is 0 Å². The monoisotopic (exact) mass is 342 g/mol. The highest BCUT2D eigenvalue weighted by Crippen LogP contribution is 2.19. The lowest BCUT2D eigenvalue weighted by molar-refractivity contribution is -0.122. The van der Waals surface area contributed by atoms with E-state index in [0.29, 0.717) is 6.42 Å². The molecule has 0 aromatic heterocycles. The lowest BCUT2D eigenvalue weighted by Crippen LogP contribution is -2.47. The fourth-order valence-corrected chi connectivity index (χ4v) is 3.68. The van der Waals surface area contributed by atoms with Gasteiger partial charge in [0.1, 0.15) is 6.04 Å². The van der Waals surface area contributed by atoms with E-state index in [2.05, 4.69) is 10.0 Å². The van der Waals surface area contributed by atoms with Gasteiger partial charge >= 0.3 is 0 Å². The summed E-state index contributed by atoms with van der Waals surface area (Å²) in [5.74, 6) is 0.492. The van der Waals surface area contributed by atoms with Gasteiger partial charge in [0.25, 0.3) is 0 Å². The highest BCUT2D eigenvalue weighted by molar-refractivity contribution is 7.98. The van der Waals surface area contributed by atoms with E-state index in [4.69, 9.17) is 0 Å². The molecule has 1 aromatic carbocycles. The van der Waals surface area contributed by atoms with E-state index in [1.807, 2.05) is 13.2 Å². The summed E-state index contributed by atoms with van der Waals surface area (Å²) in [5, 5.41) is 2.87. The van der Waals surface area contributed by atoms with Crippen LogP contribution in [0.3, 0.4) is 0 Å². The van der Waals surface area contributed by atoms with Gasteiger partial charge in [-0.3, -0.25) is 4.79 Å². The second kappa shape index (κ2) is 7.48. The zero-order chi connectivity index (χ0) is 16.2. The third kappa shape index (κ3) is 5.00. The normalized spacial score (nSPS) is 16.3. The fraction of sp³-hybridized carbons (Fsp3) is 0.533. The Kier molecular flexibility index (Phi) is 5.88. The van der Waals surface area contributed by atoms with Gasteiger partial charge in [-0.1, -0.05) is 17.7 Å². The molecule has 22 heavy (non-hydrogen) atoms. The first-order valence-corrected chi connectivity index (χ1v) is 10.2. The zero-order valence-electron chi connectivity index (χ0n) is 12.8. The van der Waals surface area contributed by atoms with Crippen LogP contribution in [-0.4, -0.2) is 38.4 Å². The Morgan fingerprint density at radius 1 is 1.32 bits per heavy atom. The fourth-order valence-electron chi connectivity index (χ4n) is 1.98. The zero-order valence-corrected chi connectivity index (χ0v) is 14.5. The molecule has 1 aliphatic rings. The van der Waals surface area contributed by atoms with Gasteiger partial charge in [0.15, 0.2) is 0 Å². The molecule has 0 heterocycles. The summed E-state index contributed by atoms with van der Waals surface area (Å²) in [6.45, 7) is 1.90. The molecule has 0 saturated heterocycles. The Hall–Kier alpha value is -1.05. The maximum Gasteiger partial charge on any atom is 0.241 e. The lowest BCUT2D eigenvalue weighted by Gasteiger charge is -2.18. The maximum absolute atomic E-state index is 12.4. The second-order valence-electron chi connectivity index (χ2n) is 5.55. The summed E-state index contributed by atoms with van der Waals surface area (Å²) in [7, 11) is -3.69. The SMILES string of the molecule is CSCCC(NS(=O)(=O)c1ccc(C)cc1)C(=O)NC1CC1. The lowest BCUT2D eigenvalue weighted by atomic mass is 10.2. The Morgan fingerprint density at radius 3 is 2.50 bits per heavy atom. The van der Waals surface area contributed by atoms with Crippen LogP contribution in [-0.2, 0) is 14.8 Å². The van der Waals surface area contributed by atoms with Crippen molar-refractivity contribution < 1.29 is 13.2 Å². The number of thioether (sulfide) groups is 1. The molecule has 1 fully saturated rings. The molecule has 2 N–H and O–H groups in total. The van der Waals surface area contributed by atoms with Gasteiger partial charge in [-0.2, -0.15) is 16.5 Å². The molecule has 7 heteroatoms. The average Bonchev–Trinajstić information content (AvgIpc) is 3.27. The quantitative estimate of drug-likeness (QED) is 0.754. The van der Waals surface area contributed by atoms with Crippen molar-refractivity contribution in [1.29, 1.82) is 0 Å². The predicted octanol–water partition coefficient (Wildman–Crippen LogP) is 1.67. The summed E-state index contributed by atoms with van der Waals surface area (Å²) < 4.78 is 27.4. The Balaban J connectivity index is 2.09. The maximum atomic E-state index is 12.4. The van der Waals surface area contributed by atoms with Gasteiger partial charge in [-0.25, -0.2) is 8.42 Å². The molecule has 0 spiro atoms. The van der Waals surface area contributed by atoms with Crippen molar-refractivity contribution in [2.24, 2.45) is 0 Å². The number of carbonyl (C=O) groups excluding carboxylic acids is 1. The highest BCUT2D eigenvalue weighted by Gasteiger charge is 2.30. The minimum Gasteiger partial charge on any atom is -0.352 e. The van der Waals surface area contributed by atoms with Crippen molar-refractivity contribution in [1.82, 2.24) is 10.0 Å². The van der Waals surface area contributed by atoms with E-state index in [-0.39, 0.29) is 16.8 Å². The number of sulfonamides is 1. The van der Waals surface area contributed by atoms with Crippen LogP contribution >= 0.6 is 11.8 Å². The molecule has 0 aliphatic heterocycles. The summed E-state index contributed by atoms with van der Waals surface area (Å²) in [4.78, 5) is 12.4. The average molecular weight is 342 g/mol. The molecule has 1 unspecified atom stereocenters. The van der Waals surface area contributed by atoms with Gasteiger partial charge in [-0.15, -0.1) is 0 Å². The third-order valence-electron chi connectivity index (χ3n) is 3.48. The van der Waals surface area contributed by atoms with Crippen LogP contribution in [0.1, 0.15) is 24.8 Å². The number of hydrogen-bond donors (Lipinski definition) is 2. The molecular formula is C15H22N2O3S2. The Morgan fingerprint density at radius 2 is 1.95 bits per heavy atom. The van der Waals surface area contributed by atoms with Crippen molar-refractivity contribution >= 4 is 27.7 Å². The molecule has 1 saturated carbocycles. The van der Waals surface area contributed by atoms with Gasteiger partial charge < -0.3 is 5.32 Å². The van der Waals surface area contributed by atoms with Crippen LogP contribution in [0.5, 0.6) is 0 Å².